The molecule has 1 aromatic heterocycles. The quantitative estimate of drug-likeness (QED) is 0.710. The van der Waals surface area contributed by atoms with E-state index in [1.54, 1.807) is 12.4 Å². The van der Waals surface area contributed by atoms with Crippen LogP contribution in [-0.4, -0.2) is 16.5 Å². The molecule has 0 aromatic carbocycles. The Morgan fingerprint density at radius 1 is 1.54 bits per heavy atom. The van der Waals surface area contributed by atoms with E-state index in [9.17, 15) is 0 Å². The minimum absolute atomic E-state index is 0.228. The second kappa shape index (κ2) is 4.72. The molecule has 70 valence electrons. The molecule has 13 heavy (non-hydrogen) atoms. The van der Waals surface area contributed by atoms with Crippen LogP contribution < -0.4 is 5.32 Å². The van der Waals surface area contributed by atoms with E-state index in [0.29, 0.717) is 0 Å². The van der Waals surface area contributed by atoms with E-state index in [2.05, 4.69) is 28.8 Å². The van der Waals surface area contributed by atoms with Crippen molar-refractivity contribution >= 4 is 0 Å². The summed E-state index contributed by atoms with van der Waals surface area (Å²) in [5.74, 6) is 0. The average Bonchev–Trinajstić information content (AvgIpc) is 2.15. The van der Waals surface area contributed by atoms with Crippen LogP contribution >= 0.6 is 0 Å². The van der Waals surface area contributed by atoms with Crippen LogP contribution in [0.1, 0.15) is 24.4 Å². The lowest BCUT2D eigenvalue weighted by atomic mass is 10.2. The van der Waals surface area contributed by atoms with Gasteiger partial charge >= 0.3 is 0 Å². The molecule has 1 N–H and O–H groups in total. The number of rotatable bonds is 4. The van der Waals surface area contributed by atoms with Crippen molar-refractivity contribution < 1.29 is 0 Å². The normalized spacial score (nSPS) is 12.5. The summed E-state index contributed by atoms with van der Waals surface area (Å²) < 4.78 is 0. The number of nitrogens with one attached hydrogen (secondary N) is 1. The summed E-state index contributed by atoms with van der Waals surface area (Å²) in [6.07, 6.45) is 5.26. The van der Waals surface area contributed by atoms with E-state index in [-0.39, 0.29) is 6.04 Å². The van der Waals surface area contributed by atoms with E-state index in [1.807, 2.05) is 13.0 Å². The Hall–Kier alpha value is -1.22. The lowest BCUT2D eigenvalue weighted by molar-refractivity contribution is 0.593. The molecule has 1 unspecified atom stereocenters. The van der Waals surface area contributed by atoms with Crippen molar-refractivity contribution in [1.29, 1.82) is 0 Å². The zero-order chi connectivity index (χ0) is 9.68. The minimum atomic E-state index is 0.228. The number of aromatic nitrogens is 2. The highest BCUT2D eigenvalue weighted by Crippen LogP contribution is 2.10. The van der Waals surface area contributed by atoms with Crippen LogP contribution in [0.25, 0.3) is 0 Å². The van der Waals surface area contributed by atoms with Gasteiger partial charge in [-0.2, -0.15) is 0 Å². The van der Waals surface area contributed by atoms with Gasteiger partial charge in [0.1, 0.15) is 0 Å². The Balaban J connectivity index is 2.70. The lowest BCUT2D eigenvalue weighted by Gasteiger charge is -2.12. The predicted octanol–water partition coefficient (Wildman–Crippen LogP) is 1.62. The Morgan fingerprint density at radius 3 is 2.85 bits per heavy atom. The summed E-state index contributed by atoms with van der Waals surface area (Å²) in [5, 5.41) is 3.27. The molecule has 0 aliphatic carbocycles. The predicted molar refractivity (Wildman–Crippen MR) is 53.4 cm³/mol. The molecule has 0 saturated carbocycles. The molecule has 1 aromatic rings. The first kappa shape index (κ1) is 9.86. The molecule has 0 spiro atoms. The van der Waals surface area contributed by atoms with Crippen molar-refractivity contribution in [2.45, 2.75) is 19.9 Å². The summed E-state index contributed by atoms with van der Waals surface area (Å²) in [6.45, 7) is 8.48. The Labute approximate surface area is 78.9 Å². The molecule has 0 aliphatic rings. The van der Waals surface area contributed by atoms with Crippen LogP contribution in [0.2, 0.25) is 0 Å². The van der Waals surface area contributed by atoms with Gasteiger partial charge in [0, 0.05) is 25.0 Å². The molecule has 0 saturated heterocycles. The molecule has 1 atom stereocenters. The van der Waals surface area contributed by atoms with Crippen molar-refractivity contribution in [3.8, 4) is 0 Å². The Bertz CT molecular complexity index is 283. The molecular formula is C10H15N3. The fraction of sp³-hybridized carbons (Fsp3) is 0.400. The van der Waals surface area contributed by atoms with Crippen LogP contribution in [0, 0.1) is 6.92 Å². The van der Waals surface area contributed by atoms with E-state index in [1.165, 1.54) is 0 Å². The molecule has 0 aliphatic heterocycles. The van der Waals surface area contributed by atoms with Crippen LogP contribution in [0.4, 0.5) is 0 Å². The smallest absolute Gasteiger partial charge is 0.0782 e. The van der Waals surface area contributed by atoms with E-state index >= 15 is 0 Å². The monoisotopic (exact) mass is 177 g/mol. The highest BCUT2D eigenvalue weighted by atomic mass is 14.9. The second-order valence-corrected chi connectivity index (χ2v) is 2.95. The minimum Gasteiger partial charge on any atom is -0.305 e. The van der Waals surface area contributed by atoms with Gasteiger partial charge in [-0.25, -0.2) is 0 Å². The fourth-order valence-electron chi connectivity index (χ4n) is 1.20. The molecular weight excluding hydrogens is 162 g/mol. The maximum absolute atomic E-state index is 4.27. The third-order valence-corrected chi connectivity index (χ3v) is 1.90. The second-order valence-electron chi connectivity index (χ2n) is 2.95. The van der Waals surface area contributed by atoms with Gasteiger partial charge in [0.05, 0.1) is 11.4 Å². The van der Waals surface area contributed by atoms with Gasteiger partial charge in [-0.1, -0.05) is 6.08 Å². The molecule has 0 fully saturated rings. The van der Waals surface area contributed by atoms with Gasteiger partial charge in [-0.05, 0) is 13.8 Å². The Kier molecular flexibility index (Phi) is 3.58. The summed E-state index contributed by atoms with van der Waals surface area (Å²) >= 11 is 0. The topological polar surface area (TPSA) is 37.8 Å². The number of aryl methyl sites for hydroxylation is 1. The summed E-state index contributed by atoms with van der Waals surface area (Å²) in [6, 6.07) is 0.228. The standard InChI is InChI=1S/C10H15N3/c1-4-5-11-8(2)10-9(3)12-6-7-13-10/h4,6-8,11H,1,5H2,2-3H3. The highest BCUT2D eigenvalue weighted by molar-refractivity contribution is 5.12. The molecule has 3 heteroatoms. The highest BCUT2D eigenvalue weighted by Gasteiger charge is 2.07. The van der Waals surface area contributed by atoms with Crippen molar-refractivity contribution in [3.63, 3.8) is 0 Å². The van der Waals surface area contributed by atoms with Gasteiger partial charge in [-0.15, -0.1) is 6.58 Å². The molecule has 1 rings (SSSR count). The van der Waals surface area contributed by atoms with Gasteiger partial charge in [0.2, 0.25) is 0 Å². The average molecular weight is 177 g/mol. The van der Waals surface area contributed by atoms with Crippen LogP contribution in [0.15, 0.2) is 25.0 Å². The van der Waals surface area contributed by atoms with E-state index in [4.69, 9.17) is 0 Å². The number of nitrogens with zero attached hydrogens (tertiary/aromatic N) is 2. The van der Waals surface area contributed by atoms with Crippen LogP contribution in [0.3, 0.4) is 0 Å². The SMILES string of the molecule is C=CCNC(C)c1nccnc1C. The van der Waals surface area contributed by atoms with E-state index < -0.39 is 0 Å². The number of hydrogen-bond acceptors (Lipinski definition) is 3. The van der Waals surface area contributed by atoms with Gasteiger partial charge < -0.3 is 5.32 Å². The zero-order valence-electron chi connectivity index (χ0n) is 8.12. The number of hydrogen-bond donors (Lipinski definition) is 1. The fourth-order valence-corrected chi connectivity index (χ4v) is 1.20. The van der Waals surface area contributed by atoms with Crippen molar-refractivity contribution in [2.75, 3.05) is 6.54 Å². The molecule has 3 nitrogen and oxygen atoms in total. The molecule has 1 heterocycles. The van der Waals surface area contributed by atoms with Crippen LogP contribution in [0.5, 0.6) is 0 Å². The summed E-state index contributed by atoms with van der Waals surface area (Å²) in [7, 11) is 0. The van der Waals surface area contributed by atoms with E-state index in [0.717, 1.165) is 17.9 Å². The van der Waals surface area contributed by atoms with Crippen LogP contribution in [-0.2, 0) is 0 Å². The van der Waals surface area contributed by atoms with Crippen molar-refractivity contribution in [3.05, 3.63) is 36.4 Å². The first-order valence-electron chi connectivity index (χ1n) is 4.37. The van der Waals surface area contributed by atoms with Gasteiger partial charge in [0.15, 0.2) is 0 Å². The first-order chi connectivity index (χ1) is 6.25. The lowest BCUT2D eigenvalue weighted by Crippen LogP contribution is -2.20. The Morgan fingerprint density at radius 2 is 2.23 bits per heavy atom. The maximum atomic E-state index is 4.27. The largest absolute Gasteiger partial charge is 0.305 e. The summed E-state index contributed by atoms with van der Waals surface area (Å²) in [4.78, 5) is 8.45. The van der Waals surface area contributed by atoms with Crippen molar-refractivity contribution in [1.82, 2.24) is 15.3 Å². The molecule has 0 bridgehead atoms. The third kappa shape index (κ3) is 2.63. The third-order valence-electron chi connectivity index (χ3n) is 1.90. The zero-order valence-corrected chi connectivity index (χ0v) is 8.12. The maximum Gasteiger partial charge on any atom is 0.0782 e. The van der Waals surface area contributed by atoms with Gasteiger partial charge in [-0.3, -0.25) is 9.97 Å². The van der Waals surface area contributed by atoms with Crippen molar-refractivity contribution in [2.24, 2.45) is 0 Å². The first-order valence-corrected chi connectivity index (χ1v) is 4.37. The summed E-state index contributed by atoms with van der Waals surface area (Å²) in [5.41, 5.74) is 1.98. The molecule has 0 radical (unpaired) electrons. The van der Waals surface area contributed by atoms with Gasteiger partial charge in [0.25, 0.3) is 0 Å². The molecule has 0 amide bonds.